The molecule has 18 heavy (non-hydrogen) atoms. The summed E-state index contributed by atoms with van der Waals surface area (Å²) in [6, 6.07) is 3.62. The molecule has 1 N–H and O–H groups in total. The minimum Gasteiger partial charge on any atom is -0.493 e. The van der Waals surface area contributed by atoms with Gasteiger partial charge in [0.2, 0.25) is 5.75 Å². The molecule has 0 spiro atoms. The minimum atomic E-state index is -0.910. The van der Waals surface area contributed by atoms with Crippen molar-refractivity contribution in [2.45, 2.75) is 26.4 Å². The van der Waals surface area contributed by atoms with E-state index in [0.29, 0.717) is 17.2 Å². The number of aliphatic carboxylic acids is 1. The highest BCUT2D eigenvalue weighted by Gasteiger charge is 2.17. The Kier molecular flexibility index (Phi) is 4.83. The van der Waals surface area contributed by atoms with E-state index in [-0.39, 0.29) is 6.42 Å². The van der Waals surface area contributed by atoms with Gasteiger partial charge in [-0.05, 0) is 31.5 Å². The Morgan fingerprint density at radius 3 is 2.17 bits per heavy atom. The zero-order valence-corrected chi connectivity index (χ0v) is 11.0. The highest BCUT2D eigenvalue weighted by molar-refractivity contribution is 5.67. The SMILES string of the molecule is COc1cc(C)cc(OC)c1O[C@@H](C)CC(=O)O. The molecule has 0 aliphatic rings. The van der Waals surface area contributed by atoms with Crippen LogP contribution in [0.25, 0.3) is 0 Å². The number of benzene rings is 1. The zero-order valence-electron chi connectivity index (χ0n) is 11.0. The van der Waals surface area contributed by atoms with Crippen molar-refractivity contribution < 1.29 is 24.1 Å². The molecule has 0 radical (unpaired) electrons. The lowest BCUT2D eigenvalue weighted by atomic mass is 10.2. The normalized spacial score (nSPS) is 11.8. The minimum absolute atomic E-state index is 0.0831. The van der Waals surface area contributed by atoms with E-state index in [2.05, 4.69) is 0 Å². The smallest absolute Gasteiger partial charge is 0.307 e. The van der Waals surface area contributed by atoms with Crippen LogP contribution < -0.4 is 14.2 Å². The number of carboxylic acid groups (broad SMARTS) is 1. The summed E-state index contributed by atoms with van der Waals surface area (Å²) in [7, 11) is 3.06. The van der Waals surface area contributed by atoms with Gasteiger partial charge in [-0.15, -0.1) is 0 Å². The van der Waals surface area contributed by atoms with Crippen molar-refractivity contribution in [1.82, 2.24) is 0 Å². The summed E-state index contributed by atoms with van der Waals surface area (Å²) in [5.41, 5.74) is 0.974. The van der Waals surface area contributed by atoms with Gasteiger partial charge in [-0.3, -0.25) is 4.79 Å². The highest BCUT2D eigenvalue weighted by atomic mass is 16.5. The molecule has 0 heterocycles. The van der Waals surface area contributed by atoms with Gasteiger partial charge in [-0.25, -0.2) is 0 Å². The summed E-state index contributed by atoms with van der Waals surface area (Å²) >= 11 is 0. The first-order valence-electron chi connectivity index (χ1n) is 5.59. The molecule has 1 aromatic carbocycles. The van der Waals surface area contributed by atoms with Gasteiger partial charge in [0, 0.05) is 0 Å². The molecule has 0 amide bonds. The van der Waals surface area contributed by atoms with Gasteiger partial charge in [0.05, 0.1) is 20.6 Å². The fourth-order valence-electron chi connectivity index (χ4n) is 1.62. The number of hydrogen-bond acceptors (Lipinski definition) is 4. The molecule has 0 saturated heterocycles. The molecule has 1 aromatic rings. The van der Waals surface area contributed by atoms with E-state index in [4.69, 9.17) is 19.3 Å². The summed E-state index contributed by atoms with van der Waals surface area (Å²) in [6.45, 7) is 3.60. The Morgan fingerprint density at radius 2 is 1.78 bits per heavy atom. The first kappa shape index (κ1) is 14.2. The van der Waals surface area contributed by atoms with Crippen LogP contribution in [0.2, 0.25) is 0 Å². The molecule has 100 valence electrons. The molecule has 5 heteroatoms. The first-order chi connectivity index (χ1) is 8.47. The molecule has 0 bridgehead atoms. The Morgan fingerprint density at radius 1 is 1.28 bits per heavy atom. The second-order valence-corrected chi connectivity index (χ2v) is 4.02. The van der Waals surface area contributed by atoms with Crippen molar-refractivity contribution in [3.63, 3.8) is 0 Å². The quantitative estimate of drug-likeness (QED) is 0.843. The average Bonchev–Trinajstić information content (AvgIpc) is 2.29. The molecule has 1 rings (SSSR count). The number of methoxy groups -OCH3 is 2. The molecular formula is C13H18O5. The van der Waals surface area contributed by atoms with Gasteiger partial charge < -0.3 is 19.3 Å². The maximum atomic E-state index is 10.6. The number of aryl methyl sites for hydroxylation is 1. The van der Waals surface area contributed by atoms with Crippen LogP contribution in [0.3, 0.4) is 0 Å². The lowest BCUT2D eigenvalue weighted by Crippen LogP contribution is -2.17. The Labute approximate surface area is 106 Å². The largest absolute Gasteiger partial charge is 0.493 e. The zero-order chi connectivity index (χ0) is 13.7. The third kappa shape index (κ3) is 3.55. The summed E-state index contributed by atoms with van der Waals surface area (Å²) in [6.07, 6.45) is -0.548. The van der Waals surface area contributed by atoms with Gasteiger partial charge in [0.1, 0.15) is 6.10 Å². The van der Waals surface area contributed by atoms with Crippen LogP contribution in [0.5, 0.6) is 17.2 Å². The van der Waals surface area contributed by atoms with Crippen LogP contribution in [-0.4, -0.2) is 31.4 Å². The lowest BCUT2D eigenvalue weighted by Gasteiger charge is -2.18. The van der Waals surface area contributed by atoms with Crippen molar-refractivity contribution in [3.8, 4) is 17.2 Å². The molecule has 0 aliphatic carbocycles. The van der Waals surface area contributed by atoms with Crippen LogP contribution in [-0.2, 0) is 4.79 Å². The van der Waals surface area contributed by atoms with E-state index >= 15 is 0 Å². The van der Waals surface area contributed by atoms with Crippen molar-refractivity contribution in [3.05, 3.63) is 17.7 Å². The predicted molar refractivity (Wildman–Crippen MR) is 66.6 cm³/mol. The number of hydrogen-bond donors (Lipinski definition) is 1. The second-order valence-electron chi connectivity index (χ2n) is 4.02. The van der Waals surface area contributed by atoms with Gasteiger partial charge in [0.25, 0.3) is 0 Å². The van der Waals surface area contributed by atoms with E-state index in [1.54, 1.807) is 6.92 Å². The molecule has 0 aliphatic heterocycles. The van der Waals surface area contributed by atoms with Crippen LogP contribution in [0.4, 0.5) is 0 Å². The molecule has 0 unspecified atom stereocenters. The van der Waals surface area contributed by atoms with Crippen molar-refractivity contribution in [1.29, 1.82) is 0 Å². The fraction of sp³-hybridized carbons (Fsp3) is 0.462. The maximum Gasteiger partial charge on any atom is 0.307 e. The Balaban J connectivity index is 3.01. The van der Waals surface area contributed by atoms with Crippen LogP contribution in [0.1, 0.15) is 18.9 Å². The monoisotopic (exact) mass is 254 g/mol. The Bertz CT molecular complexity index is 402. The maximum absolute atomic E-state index is 10.6. The van der Waals surface area contributed by atoms with Crippen LogP contribution in [0.15, 0.2) is 12.1 Å². The average molecular weight is 254 g/mol. The van der Waals surface area contributed by atoms with Gasteiger partial charge in [-0.2, -0.15) is 0 Å². The van der Waals surface area contributed by atoms with Crippen molar-refractivity contribution in [2.75, 3.05) is 14.2 Å². The molecule has 5 nitrogen and oxygen atoms in total. The van der Waals surface area contributed by atoms with Crippen LogP contribution >= 0.6 is 0 Å². The number of carbonyl (C=O) groups is 1. The Hall–Kier alpha value is -1.91. The van der Waals surface area contributed by atoms with E-state index in [1.807, 2.05) is 19.1 Å². The second kappa shape index (κ2) is 6.14. The first-order valence-corrected chi connectivity index (χ1v) is 5.59. The lowest BCUT2D eigenvalue weighted by molar-refractivity contribution is -0.138. The number of carboxylic acids is 1. The topological polar surface area (TPSA) is 65.0 Å². The standard InChI is InChI=1S/C13H18O5/c1-8-5-10(16-3)13(11(6-8)17-4)18-9(2)7-12(14)15/h5-6,9H,7H2,1-4H3,(H,14,15)/t9-/m0/s1. The van der Waals surface area contributed by atoms with Gasteiger partial charge in [0.15, 0.2) is 11.5 Å². The van der Waals surface area contributed by atoms with Gasteiger partial charge >= 0.3 is 5.97 Å². The summed E-state index contributed by atoms with van der Waals surface area (Å²) in [5.74, 6) is 0.583. The van der Waals surface area contributed by atoms with Crippen molar-refractivity contribution in [2.24, 2.45) is 0 Å². The third-order valence-corrected chi connectivity index (χ3v) is 2.39. The number of ether oxygens (including phenoxy) is 3. The molecular weight excluding hydrogens is 236 g/mol. The fourth-order valence-corrected chi connectivity index (χ4v) is 1.62. The highest BCUT2D eigenvalue weighted by Crippen LogP contribution is 2.39. The predicted octanol–water partition coefficient (Wildman–Crippen LogP) is 2.25. The third-order valence-electron chi connectivity index (χ3n) is 2.39. The molecule has 1 atom stereocenters. The molecule has 0 saturated carbocycles. The van der Waals surface area contributed by atoms with E-state index in [1.165, 1.54) is 14.2 Å². The summed E-state index contributed by atoms with van der Waals surface area (Å²) in [5, 5.41) is 8.72. The van der Waals surface area contributed by atoms with Crippen molar-refractivity contribution >= 4 is 5.97 Å². The van der Waals surface area contributed by atoms with E-state index in [0.717, 1.165) is 5.56 Å². The van der Waals surface area contributed by atoms with Gasteiger partial charge in [-0.1, -0.05) is 0 Å². The molecule has 0 fully saturated rings. The van der Waals surface area contributed by atoms with E-state index < -0.39 is 12.1 Å². The van der Waals surface area contributed by atoms with E-state index in [9.17, 15) is 4.79 Å². The molecule has 0 aromatic heterocycles. The number of rotatable bonds is 6. The summed E-state index contributed by atoms with van der Waals surface area (Å²) < 4.78 is 16.0. The van der Waals surface area contributed by atoms with Crippen LogP contribution in [0, 0.1) is 6.92 Å². The summed E-state index contributed by atoms with van der Waals surface area (Å²) in [4.78, 5) is 10.6.